The van der Waals surface area contributed by atoms with Gasteiger partial charge in [0.05, 0.1) is 24.1 Å². The van der Waals surface area contributed by atoms with Gasteiger partial charge in [-0.1, -0.05) is 54.6 Å². The molecule has 0 saturated carbocycles. The molecule has 0 radical (unpaired) electrons. The van der Waals surface area contributed by atoms with Crippen LogP contribution in [0.15, 0.2) is 108 Å². The van der Waals surface area contributed by atoms with E-state index in [1.54, 1.807) is 24.4 Å². The first-order valence-electron chi connectivity index (χ1n) is 12.2. The lowest BCUT2D eigenvalue weighted by atomic mass is 10.0. The number of aromatic carboxylic acids is 1. The molecule has 0 spiro atoms. The average molecular weight is 592 g/mol. The maximum absolute atomic E-state index is 14.0. The van der Waals surface area contributed by atoms with Gasteiger partial charge < -0.3 is 20.3 Å². The van der Waals surface area contributed by atoms with Crippen LogP contribution in [0.4, 0.5) is 5.82 Å². The predicted octanol–water partition coefficient (Wildman–Crippen LogP) is 4.07. The van der Waals surface area contributed by atoms with E-state index in [4.69, 9.17) is 20.1 Å². The highest BCUT2D eigenvalue weighted by atomic mass is 32.2. The number of benzene rings is 3. The standard InChI is InChI=1S/C29H23N3O5S.2H3NO/c1-37-23-12-14-24(15-13-23)38(35,36)32(19-20-7-6-16-30-18-20)28-26(29(33)34)17-22-10-5-11-25(27(22)31-28)21-8-3-2-4-9-21;2*1-2/h2-18H,19H2,1H3,(H,33,34);2*2H,1H2. The minimum atomic E-state index is -4.26. The smallest absolute Gasteiger partial charge is 0.339 e. The molecule has 5 aromatic rings. The first-order chi connectivity index (χ1) is 20.4. The van der Waals surface area contributed by atoms with Crippen LogP contribution < -0.4 is 20.8 Å². The van der Waals surface area contributed by atoms with Gasteiger partial charge in [0.2, 0.25) is 0 Å². The Morgan fingerprint density at radius 3 is 2.19 bits per heavy atom. The number of carbonyl (C=O) groups is 1. The van der Waals surface area contributed by atoms with Gasteiger partial charge in [-0.2, -0.15) is 0 Å². The molecule has 0 saturated heterocycles. The summed E-state index contributed by atoms with van der Waals surface area (Å²) in [6.45, 7) is -0.172. The molecule has 0 fully saturated rings. The molecule has 0 aliphatic heterocycles. The molecule has 2 aromatic heterocycles. The van der Waals surface area contributed by atoms with Gasteiger partial charge in [-0.25, -0.2) is 34.3 Å². The second kappa shape index (κ2) is 14.6. The van der Waals surface area contributed by atoms with Crippen molar-refractivity contribution in [1.82, 2.24) is 9.97 Å². The zero-order valence-corrected chi connectivity index (χ0v) is 23.2. The Morgan fingerprint density at radius 1 is 0.905 bits per heavy atom. The largest absolute Gasteiger partial charge is 0.497 e. The minimum absolute atomic E-state index is 0.0308. The number of hydrogen-bond donors (Lipinski definition) is 5. The number of methoxy groups -OCH3 is 1. The molecule has 12 nitrogen and oxygen atoms in total. The van der Waals surface area contributed by atoms with Crippen molar-refractivity contribution < 1.29 is 33.5 Å². The zero-order valence-electron chi connectivity index (χ0n) is 22.4. The number of fused-ring (bicyclic) bond motifs is 1. The Balaban J connectivity index is 0.00000116. The second-order valence-corrected chi connectivity index (χ2v) is 10.3. The third kappa shape index (κ3) is 6.86. The maximum atomic E-state index is 14.0. The molecule has 0 bridgehead atoms. The van der Waals surface area contributed by atoms with Crippen molar-refractivity contribution in [2.45, 2.75) is 11.4 Å². The topological polar surface area (TPSA) is 202 Å². The summed E-state index contributed by atoms with van der Waals surface area (Å²) in [5.74, 6) is 6.01. The fourth-order valence-corrected chi connectivity index (χ4v) is 5.61. The summed E-state index contributed by atoms with van der Waals surface area (Å²) in [5, 5.41) is 23.7. The fourth-order valence-electron chi connectivity index (χ4n) is 4.19. The maximum Gasteiger partial charge on any atom is 0.339 e. The highest BCUT2D eigenvalue weighted by Crippen LogP contribution is 2.34. The van der Waals surface area contributed by atoms with Gasteiger partial charge in [-0.3, -0.25) is 4.98 Å². The average Bonchev–Trinajstić information content (AvgIpc) is 3.05. The minimum Gasteiger partial charge on any atom is -0.497 e. The molecule has 218 valence electrons. The first-order valence-corrected chi connectivity index (χ1v) is 13.6. The van der Waals surface area contributed by atoms with Crippen LogP contribution >= 0.6 is 0 Å². The molecule has 0 unspecified atom stereocenters. The van der Waals surface area contributed by atoms with Crippen LogP contribution in [0.5, 0.6) is 5.75 Å². The van der Waals surface area contributed by atoms with E-state index in [0.29, 0.717) is 22.2 Å². The van der Waals surface area contributed by atoms with E-state index in [9.17, 15) is 18.3 Å². The predicted molar refractivity (Wildman–Crippen MR) is 157 cm³/mol. The van der Waals surface area contributed by atoms with Gasteiger partial charge in [0, 0.05) is 23.3 Å². The summed E-state index contributed by atoms with van der Waals surface area (Å²) < 4.78 is 34.3. The van der Waals surface area contributed by atoms with E-state index < -0.39 is 16.0 Å². The zero-order chi connectivity index (χ0) is 30.7. The molecule has 0 aliphatic carbocycles. The van der Waals surface area contributed by atoms with E-state index in [-0.39, 0.29) is 22.8 Å². The normalized spacial score (nSPS) is 10.5. The molecule has 0 atom stereocenters. The molecule has 3 aromatic carbocycles. The Kier molecular flexibility index (Phi) is 11.0. The number of carboxylic acid groups (broad SMARTS) is 1. The number of nitrogens with zero attached hydrogens (tertiary/aromatic N) is 3. The molecule has 7 N–H and O–H groups in total. The van der Waals surface area contributed by atoms with E-state index >= 15 is 0 Å². The van der Waals surface area contributed by atoms with Gasteiger partial charge in [0.25, 0.3) is 10.0 Å². The monoisotopic (exact) mass is 591 g/mol. The number of hydrogen-bond acceptors (Lipinski definition) is 10. The van der Waals surface area contributed by atoms with Crippen molar-refractivity contribution >= 4 is 32.7 Å². The van der Waals surface area contributed by atoms with E-state index in [0.717, 1.165) is 15.4 Å². The summed E-state index contributed by atoms with van der Waals surface area (Å²) in [5.41, 5.74) is 2.45. The van der Waals surface area contributed by atoms with Crippen molar-refractivity contribution in [2.75, 3.05) is 11.4 Å². The molecular formula is C29H29N5O7S. The number of nitrogens with two attached hydrogens (primary N) is 2. The number of pyridine rings is 2. The van der Waals surface area contributed by atoms with Crippen LogP contribution in [0.2, 0.25) is 0 Å². The summed E-state index contributed by atoms with van der Waals surface area (Å²) in [7, 11) is -2.77. The van der Waals surface area contributed by atoms with Gasteiger partial charge in [0.15, 0.2) is 5.82 Å². The van der Waals surface area contributed by atoms with Crippen molar-refractivity contribution in [3.05, 3.63) is 115 Å². The number of para-hydroxylation sites is 1. The molecule has 2 heterocycles. The van der Waals surface area contributed by atoms with Crippen molar-refractivity contribution in [1.29, 1.82) is 0 Å². The Labute approximate surface area is 242 Å². The highest BCUT2D eigenvalue weighted by molar-refractivity contribution is 7.92. The number of rotatable bonds is 8. The SMILES string of the molecule is COc1ccc(S(=O)(=O)N(Cc2cccnc2)c2nc3c(-c4ccccc4)cccc3cc2C(=O)O)cc1.NO.NO. The first kappa shape index (κ1) is 31.6. The van der Waals surface area contributed by atoms with E-state index in [2.05, 4.69) is 16.8 Å². The number of carboxylic acids is 1. The van der Waals surface area contributed by atoms with Crippen LogP contribution in [0.3, 0.4) is 0 Å². The second-order valence-electron chi connectivity index (χ2n) is 8.46. The number of aromatic nitrogens is 2. The number of sulfonamides is 1. The summed E-state index contributed by atoms with van der Waals surface area (Å²) in [6.07, 6.45) is 3.11. The Hall–Kier alpha value is -4.92. The third-order valence-corrected chi connectivity index (χ3v) is 7.82. The molecule has 0 amide bonds. The van der Waals surface area contributed by atoms with Crippen molar-refractivity contribution in [3.63, 3.8) is 0 Å². The Bertz CT molecular complexity index is 1720. The quantitative estimate of drug-likeness (QED) is 0.163. The molecular weight excluding hydrogens is 562 g/mol. The number of ether oxygens (including phenoxy) is 1. The number of anilines is 1. The van der Waals surface area contributed by atoms with Crippen LogP contribution in [0, 0.1) is 0 Å². The summed E-state index contributed by atoms with van der Waals surface area (Å²) in [4.78, 5) is 21.2. The Morgan fingerprint density at radius 2 is 1.60 bits per heavy atom. The summed E-state index contributed by atoms with van der Waals surface area (Å²) >= 11 is 0. The molecule has 42 heavy (non-hydrogen) atoms. The highest BCUT2D eigenvalue weighted by Gasteiger charge is 2.31. The van der Waals surface area contributed by atoms with Gasteiger partial charge in [-0.15, -0.1) is 0 Å². The van der Waals surface area contributed by atoms with Crippen LogP contribution in [0.1, 0.15) is 15.9 Å². The van der Waals surface area contributed by atoms with Crippen LogP contribution in [-0.4, -0.2) is 47.0 Å². The molecule has 5 rings (SSSR count). The fraction of sp³-hybridized carbons (Fsp3) is 0.0690. The lowest BCUT2D eigenvalue weighted by Gasteiger charge is -2.25. The lowest BCUT2D eigenvalue weighted by molar-refractivity contribution is 0.0697. The van der Waals surface area contributed by atoms with Crippen molar-refractivity contribution in [3.8, 4) is 16.9 Å². The van der Waals surface area contributed by atoms with Crippen molar-refractivity contribution in [2.24, 2.45) is 11.8 Å². The summed E-state index contributed by atoms with van der Waals surface area (Å²) in [6, 6.07) is 25.8. The van der Waals surface area contributed by atoms with Crippen LogP contribution in [0.25, 0.3) is 22.0 Å². The molecule has 13 heteroatoms. The molecule has 0 aliphatic rings. The lowest BCUT2D eigenvalue weighted by Crippen LogP contribution is -2.33. The third-order valence-electron chi connectivity index (χ3n) is 6.07. The van der Waals surface area contributed by atoms with Gasteiger partial charge >= 0.3 is 5.97 Å². The van der Waals surface area contributed by atoms with E-state index in [1.165, 1.54) is 43.6 Å². The van der Waals surface area contributed by atoms with Gasteiger partial charge in [0.1, 0.15) is 11.3 Å². The van der Waals surface area contributed by atoms with Crippen LogP contribution in [-0.2, 0) is 16.6 Å². The van der Waals surface area contributed by atoms with Gasteiger partial charge in [-0.05, 0) is 47.5 Å². The van der Waals surface area contributed by atoms with E-state index in [1.807, 2.05) is 42.5 Å².